The van der Waals surface area contributed by atoms with Crippen molar-refractivity contribution in [3.63, 3.8) is 0 Å². The van der Waals surface area contributed by atoms with E-state index in [4.69, 9.17) is 11.6 Å². The highest BCUT2D eigenvalue weighted by Gasteiger charge is 2.30. The molecule has 14 heavy (non-hydrogen) atoms. The smallest absolute Gasteiger partial charge is 0.205 e. The van der Waals surface area contributed by atoms with Crippen molar-refractivity contribution in [1.29, 1.82) is 0 Å². The summed E-state index contributed by atoms with van der Waals surface area (Å²) < 4.78 is 4.39. The number of aromatic nitrogens is 2. The molecule has 1 aromatic rings. The maximum atomic E-state index is 6.05. The van der Waals surface area contributed by atoms with Crippen LogP contribution in [0.5, 0.6) is 0 Å². The first-order valence-electron chi connectivity index (χ1n) is 5.05. The molecule has 1 aliphatic carbocycles. The van der Waals surface area contributed by atoms with Gasteiger partial charge in [-0.1, -0.05) is 0 Å². The lowest BCUT2D eigenvalue weighted by atomic mass is 10.4. The molecule has 1 saturated carbocycles. The van der Waals surface area contributed by atoms with E-state index in [0.717, 1.165) is 30.5 Å². The topological polar surface area (TPSA) is 29.0 Å². The van der Waals surface area contributed by atoms with Crippen LogP contribution < -0.4 is 4.90 Å². The monoisotopic (exact) mass is 229 g/mol. The molecule has 0 aromatic carbocycles. The molecule has 2 fully saturated rings. The van der Waals surface area contributed by atoms with E-state index in [-0.39, 0.29) is 0 Å². The van der Waals surface area contributed by atoms with Gasteiger partial charge in [-0.3, -0.25) is 0 Å². The standard InChI is InChI=1S/C9H12ClN3S/c10-7-3-4-13(5-7)9-11-8(12-14-9)6-1-2-6/h6-7H,1-5H2. The number of alkyl halides is 1. The summed E-state index contributed by atoms with van der Waals surface area (Å²) in [5.41, 5.74) is 0. The number of rotatable bonds is 2. The first-order chi connectivity index (χ1) is 6.83. The molecule has 0 bridgehead atoms. The fourth-order valence-corrected chi connectivity index (χ4v) is 2.80. The van der Waals surface area contributed by atoms with Crippen LogP contribution in [0, 0.1) is 0 Å². The number of nitrogens with zero attached hydrogens (tertiary/aromatic N) is 3. The van der Waals surface area contributed by atoms with Crippen molar-refractivity contribution in [2.75, 3.05) is 18.0 Å². The van der Waals surface area contributed by atoms with Gasteiger partial charge in [0.2, 0.25) is 5.13 Å². The number of halogens is 1. The second-order valence-corrected chi connectivity index (χ2v) is 5.39. The third-order valence-corrected chi connectivity index (χ3v) is 3.92. The summed E-state index contributed by atoms with van der Waals surface area (Å²) >= 11 is 7.58. The summed E-state index contributed by atoms with van der Waals surface area (Å²) in [5, 5.41) is 1.36. The summed E-state index contributed by atoms with van der Waals surface area (Å²) in [7, 11) is 0. The summed E-state index contributed by atoms with van der Waals surface area (Å²) in [6, 6.07) is 0. The molecule has 1 unspecified atom stereocenters. The van der Waals surface area contributed by atoms with Crippen molar-refractivity contribution in [2.45, 2.75) is 30.6 Å². The molecule has 2 heterocycles. The Labute approximate surface area is 92.3 Å². The van der Waals surface area contributed by atoms with Crippen LogP contribution in [0.3, 0.4) is 0 Å². The average molecular weight is 230 g/mol. The van der Waals surface area contributed by atoms with Crippen molar-refractivity contribution < 1.29 is 0 Å². The quantitative estimate of drug-likeness (QED) is 0.729. The maximum Gasteiger partial charge on any atom is 0.205 e. The van der Waals surface area contributed by atoms with E-state index in [1.54, 1.807) is 0 Å². The zero-order valence-electron chi connectivity index (χ0n) is 7.82. The molecular formula is C9H12ClN3S. The number of anilines is 1. The van der Waals surface area contributed by atoms with Crippen molar-refractivity contribution in [3.05, 3.63) is 5.82 Å². The van der Waals surface area contributed by atoms with Crippen LogP contribution >= 0.6 is 23.1 Å². The van der Waals surface area contributed by atoms with E-state index < -0.39 is 0 Å². The fraction of sp³-hybridized carbons (Fsp3) is 0.778. The first kappa shape index (κ1) is 8.92. The molecule has 1 aliphatic heterocycles. The van der Waals surface area contributed by atoms with Gasteiger partial charge in [-0.25, -0.2) is 4.98 Å². The molecule has 0 radical (unpaired) electrons. The SMILES string of the molecule is ClC1CCN(c2nc(C3CC3)ns2)C1. The van der Waals surface area contributed by atoms with Gasteiger partial charge >= 0.3 is 0 Å². The van der Waals surface area contributed by atoms with E-state index in [9.17, 15) is 0 Å². The minimum absolute atomic E-state index is 0.295. The second kappa shape index (κ2) is 3.35. The van der Waals surface area contributed by atoms with Gasteiger partial charge in [0, 0.05) is 30.5 Å². The van der Waals surface area contributed by atoms with Crippen molar-refractivity contribution in [1.82, 2.24) is 9.36 Å². The predicted octanol–water partition coefficient (Wildman–Crippen LogP) is 2.23. The summed E-state index contributed by atoms with van der Waals surface area (Å²) in [5.74, 6) is 1.72. The zero-order chi connectivity index (χ0) is 9.54. The first-order valence-corrected chi connectivity index (χ1v) is 6.26. The Kier molecular flexibility index (Phi) is 2.13. The highest BCUT2D eigenvalue weighted by molar-refractivity contribution is 7.09. The molecule has 5 heteroatoms. The van der Waals surface area contributed by atoms with E-state index in [1.807, 2.05) is 0 Å². The van der Waals surface area contributed by atoms with Gasteiger partial charge in [-0.05, 0) is 19.3 Å². The van der Waals surface area contributed by atoms with Gasteiger partial charge in [0.25, 0.3) is 0 Å². The van der Waals surface area contributed by atoms with Gasteiger partial charge < -0.3 is 4.90 Å². The summed E-state index contributed by atoms with van der Waals surface area (Å²) in [6.45, 7) is 1.97. The Morgan fingerprint density at radius 1 is 1.36 bits per heavy atom. The van der Waals surface area contributed by atoms with Crippen molar-refractivity contribution >= 4 is 28.3 Å². The van der Waals surface area contributed by atoms with Gasteiger partial charge in [-0.2, -0.15) is 4.37 Å². The van der Waals surface area contributed by atoms with Gasteiger partial charge in [-0.15, -0.1) is 11.6 Å². The Hall–Kier alpha value is -0.350. The number of hydrogen-bond acceptors (Lipinski definition) is 4. The summed E-state index contributed by atoms with van der Waals surface area (Å²) in [4.78, 5) is 6.81. The van der Waals surface area contributed by atoms with Gasteiger partial charge in [0.05, 0.1) is 5.38 Å². The molecular weight excluding hydrogens is 218 g/mol. The molecule has 0 spiro atoms. The van der Waals surface area contributed by atoms with Crippen molar-refractivity contribution in [2.24, 2.45) is 0 Å². The second-order valence-electron chi connectivity index (χ2n) is 4.04. The van der Waals surface area contributed by atoms with Gasteiger partial charge in [0.1, 0.15) is 5.82 Å². The Bertz CT molecular complexity index is 337. The third kappa shape index (κ3) is 1.61. The van der Waals surface area contributed by atoms with E-state index >= 15 is 0 Å². The van der Waals surface area contributed by atoms with Crippen LogP contribution in [0.15, 0.2) is 0 Å². The fourth-order valence-electron chi connectivity index (χ4n) is 1.75. The largest absolute Gasteiger partial charge is 0.345 e. The van der Waals surface area contributed by atoms with Crippen LogP contribution in [0.25, 0.3) is 0 Å². The molecule has 3 rings (SSSR count). The van der Waals surface area contributed by atoms with Crippen LogP contribution in [0.4, 0.5) is 5.13 Å². The Balaban J connectivity index is 1.75. The predicted molar refractivity (Wildman–Crippen MR) is 58.4 cm³/mol. The lowest BCUT2D eigenvalue weighted by Crippen LogP contribution is -2.19. The van der Waals surface area contributed by atoms with Gasteiger partial charge in [0.15, 0.2) is 0 Å². The normalized spacial score (nSPS) is 27.2. The van der Waals surface area contributed by atoms with Crippen LogP contribution in [-0.2, 0) is 0 Å². The number of hydrogen-bond donors (Lipinski definition) is 0. The molecule has 2 aliphatic rings. The molecule has 1 atom stereocenters. The highest BCUT2D eigenvalue weighted by atomic mass is 35.5. The van der Waals surface area contributed by atoms with Crippen LogP contribution in [-0.4, -0.2) is 27.8 Å². The molecule has 1 saturated heterocycles. The molecule has 76 valence electrons. The lowest BCUT2D eigenvalue weighted by molar-refractivity contribution is 0.924. The van der Waals surface area contributed by atoms with Crippen molar-refractivity contribution in [3.8, 4) is 0 Å². The van der Waals surface area contributed by atoms with Crippen LogP contribution in [0.1, 0.15) is 31.0 Å². The Morgan fingerprint density at radius 2 is 2.21 bits per heavy atom. The average Bonchev–Trinajstić information content (AvgIpc) is 2.76. The lowest BCUT2D eigenvalue weighted by Gasteiger charge is -2.11. The van der Waals surface area contributed by atoms with E-state index in [1.165, 1.54) is 24.4 Å². The van der Waals surface area contributed by atoms with E-state index in [2.05, 4.69) is 14.3 Å². The molecule has 1 aromatic heterocycles. The van der Waals surface area contributed by atoms with E-state index in [0.29, 0.717) is 11.3 Å². The highest BCUT2D eigenvalue weighted by Crippen LogP contribution is 2.40. The maximum absolute atomic E-state index is 6.05. The van der Waals surface area contributed by atoms with Crippen LogP contribution in [0.2, 0.25) is 0 Å². The Morgan fingerprint density at radius 3 is 2.86 bits per heavy atom. The molecule has 0 amide bonds. The molecule has 0 N–H and O–H groups in total. The minimum atomic E-state index is 0.295. The summed E-state index contributed by atoms with van der Waals surface area (Å²) in [6.07, 6.45) is 3.61. The molecule has 3 nitrogen and oxygen atoms in total. The minimum Gasteiger partial charge on any atom is -0.345 e. The third-order valence-electron chi connectivity index (χ3n) is 2.77. The zero-order valence-corrected chi connectivity index (χ0v) is 9.39.